The van der Waals surface area contributed by atoms with Crippen molar-refractivity contribution in [2.45, 2.75) is 0 Å². The smallest absolute Gasteiger partial charge is 0.288 e. The third kappa shape index (κ3) is 2.88. The minimum Gasteiger partial charge on any atom is -0.561 e. The van der Waals surface area contributed by atoms with Gasteiger partial charge in [-0.2, -0.15) is 0 Å². The van der Waals surface area contributed by atoms with E-state index in [0.717, 1.165) is 8.95 Å². The Hall–Kier alpha value is -1.40. The van der Waals surface area contributed by atoms with E-state index in [0.29, 0.717) is 9.72 Å². The topological polar surface area (TPSA) is 52.1 Å². The predicted octanol–water partition coefficient (Wildman–Crippen LogP) is 4.65. The lowest BCUT2D eigenvalue weighted by Crippen LogP contribution is -2.08. The minimum absolute atomic E-state index is 0.263. The number of benzene rings is 2. The van der Waals surface area contributed by atoms with Crippen LogP contribution in [0.2, 0.25) is 0 Å². The number of halogens is 2. The Morgan fingerprint density at radius 3 is 1.44 bits per heavy atom. The van der Waals surface area contributed by atoms with E-state index in [2.05, 4.69) is 31.9 Å². The highest BCUT2D eigenvalue weighted by atomic mass is 79.9. The molecule has 0 aliphatic carbocycles. The molecule has 0 saturated carbocycles. The SMILES string of the molecule is [O-]/[N+](c1cccc(Br)c1)=[N+](/[O-])c1cccc(Br)c1. The molecule has 0 spiro atoms. The van der Waals surface area contributed by atoms with Crippen molar-refractivity contribution in [1.29, 1.82) is 0 Å². The summed E-state index contributed by atoms with van der Waals surface area (Å²) in [7, 11) is 0. The normalized spacial score (nSPS) is 12.1. The van der Waals surface area contributed by atoms with E-state index in [4.69, 9.17) is 0 Å². The van der Waals surface area contributed by atoms with Crippen LogP contribution in [0.1, 0.15) is 0 Å². The molecule has 0 atom stereocenters. The van der Waals surface area contributed by atoms with Crippen molar-refractivity contribution in [3.63, 3.8) is 0 Å². The van der Waals surface area contributed by atoms with Crippen LogP contribution >= 0.6 is 31.9 Å². The molecule has 6 heteroatoms. The van der Waals surface area contributed by atoms with Gasteiger partial charge in [0.05, 0.1) is 9.72 Å². The Morgan fingerprint density at radius 1 is 0.722 bits per heavy atom. The molecule has 2 rings (SSSR count). The van der Waals surface area contributed by atoms with Crippen LogP contribution in [0.4, 0.5) is 11.4 Å². The van der Waals surface area contributed by atoms with Gasteiger partial charge >= 0.3 is 0 Å². The van der Waals surface area contributed by atoms with Crippen molar-refractivity contribution < 1.29 is 9.72 Å². The van der Waals surface area contributed by atoms with Crippen LogP contribution in [0, 0.1) is 10.4 Å². The average Bonchev–Trinajstić information content (AvgIpc) is 2.37. The standard InChI is InChI=1S/C12H8Br2N2O2/c13-9-3-1-5-11(7-9)15(17)16(18)12-6-2-4-10(14)8-12/h1-8H/b16-15+. The van der Waals surface area contributed by atoms with Crippen molar-refractivity contribution in [3.8, 4) is 0 Å². The molecule has 92 valence electrons. The summed E-state index contributed by atoms with van der Waals surface area (Å²) < 4.78 is 1.48. The molecule has 0 aromatic heterocycles. The fraction of sp³-hybridized carbons (Fsp3) is 0. The van der Waals surface area contributed by atoms with Gasteiger partial charge < -0.3 is 10.4 Å². The largest absolute Gasteiger partial charge is 0.561 e. The van der Waals surface area contributed by atoms with Gasteiger partial charge in [-0.15, -0.1) is 0 Å². The molecule has 0 N–H and O–H groups in total. The molecule has 4 nitrogen and oxygen atoms in total. The molecule has 0 saturated heterocycles. The fourth-order valence-electron chi connectivity index (χ4n) is 1.40. The van der Waals surface area contributed by atoms with Crippen molar-refractivity contribution in [2.24, 2.45) is 0 Å². The first-order valence-corrected chi connectivity index (χ1v) is 6.62. The molecule has 0 amide bonds. The highest BCUT2D eigenvalue weighted by Gasteiger charge is 2.15. The lowest BCUT2D eigenvalue weighted by Gasteiger charge is -2.03. The summed E-state index contributed by atoms with van der Waals surface area (Å²) in [5.74, 6) is 0. The van der Waals surface area contributed by atoms with E-state index < -0.39 is 0 Å². The van der Waals surface area contributed by atoms with E-state index in [-0.39, 0.29) is 11.4 Å². The summed E-state index contributed by atoms with van der Waals surface area (Å²) in [6.45, 7) is 0. The number of azo groups is 1. The van der Waals surface area contributed by atoms with Gasteiger partial charge in [-0.3, -0.25) is 0 Å². The zero-order chi connectivity index (χ0) is 13.1. The van der Waals surface area contributed by atoms with Crippen molar-refractivity contribution >= 4 is 43.2 Å². The first-order valence-electron chi connectivity index (χ1n) is 5.03. The maximum Gasteiger partial charge on any atom is 0.288 e. The first kappa shape index (κ1) is 13.0. The summed E-state index contributed by atoms with van der Waals surface area (Å²) in [6, 6.07) is 13.3. The molecule has 2 aromatic carbocycles. The summed E-state index contributed by atoms with van der Waals surface area (Å²) in [5, 5.41) is 23.8. The van der Waals surface area contributed by atoms with E-state index in [1.807, 2.05) is 0 Å². The lowest BCUT2D eigenvalue weighted by atomic mass is 10.3. The second kappa shape index (κ2) is 5.49. The third-order valence-electron chi connectivity index (χ3n) is 2.22. The van der Waals surface area contributed by atoms with E-state index >= 15 is 0 Å². The summed E-state index contributed by atoms with van der Waals surface area (Å²) in [4.78, 5) is 0.596. The monoisotopic (exact) mass is 370 g/mol. The van der Waals surface area contributed by atoms with Crippen LogP contribution < -0.4 is 0 Å². The predicted molar refractivity (Wildman–Crippen MR) is 74.9 cm³/mol. The maximum absolute atomic E-state index is 11.9. The van der Waals surface area contributed by atoms with Gasteiger partial charge in [0.15, 0.2) is 0 Å². The highest BCUT2D eigenvalue weighted by Crippen LogP contribution is 2.22. The Kier molecular flexibility index (Phi) is 3.98. The van der Waals surface area contributed by atoms with Gasteiger partial charge in [-0.1, -0.05) is 44.0 Å². The Labute approximate surface area is 121 Å². The number of nitrogens with zero attached hydrogens (tertiary/aromatic N) is 2. The second-order valence-electron chi connectivity index (χ2n) is 3.51. The van der Waals surface area contributed by atoms with Crippen LogP contribution in [0.3, 0.4) is 0 Å². The van der Waals surface area contributed by atoms with E-state index in [1.54, 1.807) is 48.5 Å². The molecule has 0 heterocycles. The molecule has 0 bridgehead atoms. The van der Waals surface area contributed by atoms with Gasteiger partial charge in [-0.25, -0.2) is 0 Å². The molecule has 0 radical (unpaired) electrons. The van der Waals surface area contributed by atoms with Gasteiger partial charge in [0.1, 0.15) is 0 Å². The summed E-state index contributed by atoms with van der Waals surface area (Å²) >= 11 is 6.51. The van der Waals surface area contributed by atoms with Gasteiger partial charge in [0.2, 0.25) is 0 Å². The van der Waals surface area contributed by atoms with E-state index in [9.17, 15) is 10.4 Å². The zero-order valence-electron chi connectivity index (χ0n) is 9.09. The van der Waals surface area contributed by atoms with Crippen LogP contribution in [0.15, 0.2) is 57.5 Å². The Bertz CT molecular complexity index is 561. The molecule has 0 aliphatic heterocycles. The highest BCUT2D eigenvalue weighted by molar-refractivity contribution is 9.10. The fourth-order valence-corrected chi connectivity index (χ4v) is 2.17. The quantitative estimate of drug-likeness (QED) is 0.438. The van der Waals surface area contributed by atoms with Gasteiger partial charge in [0.25, 0.3) is 11.4 Å². The van der Waals surface area contributed by atoms with Crippen molar-refractivity contribution in [3.05, 3.63) is 67.9 Å². The Morgan fingerprint density at radius 2 is 1.11 bits per heavy atom. The third-order valence-corrected chi connectivity index (χ3v) is 3.21. The molecule has 2 aromatic rings. The zero-order valence-corrected chi connectivity index (χ0v) is 12.3. The van der Waals surface area contributed by atoms with Crippen LogP contribution in [-0.4, -0.2) is 9.72 Å². The molecule has 0 aliphatic rings. The molecular formula is C12H8Br2N2O2. The lowest BCUT2D eigenvalue weighted by molar-refractivity contribution is -0.896. The number of rotatable bonds is 2. The molecule has 18 heavy (non-hydrogen) atoms. The van der Waals surface area contributed by atoms with Crippen LogP contribution in [0.25, 0.3) is 0 Å². The number of hydrogen-bond acceptors (Lipinski definition) is 2. The second-order valence-corrected chi connectivity index (χ2v) is 5.34. The number of hydrogen-bond donors (Lipinski definition) is 0. The maximum atomic E-state index is 11.9. The average molecular weight is 372 g/mol. The molecule has 0 fully saturated rings. The van der Waals surface area contributed by atoms with Crippen LogP contribution in [-0.2, 0) is 0 Å². The van der Waals surface area contributed by atoms with E-state index in [1.165, 1.54) is 0 Å². The molecule has 0 unspecified atom stereocenters. The van der Waals surface area contributed by atoms with Crippen molar-refractivity contribution in [1.82, 2.24) is 0 Å². The molecular weight excluding hydrogens is 364 g/mol. The summed E-state index contributed by atoms with van der Waals surface area (Å²) in [5.41, 5.74) is 0.527. The van der Waals surface area contributed by atoms with Crippen molar-refractivity contribution in [2.75, 3.05) is 0 Å². The minimum atomic E-state index is 0.263. The first-order chi connectivity index (χ1) is 8.58. The Balaban J connectivity index is 2.47. The van der Waals surface area contributed by atoms with Gasteiger partial charge in [-0.05, 0) is 12.1 Å². The van der Waals surface area contributed by atoms with Crippen LogP contribution in [0.5, 0.6) is 0 Å². The summed E-state index contributed by atoms with van der Waals surface area (Å²) in [6.07, 6.45) is 0. The van der Waals surface area contributed by atoms with Gasteiger partial charge in [0, 0.05) is 33.2 Å².